The van der Waals surface area contributed by atoms with Crippen molar-refractivity contribution in [3.63, 3.8) is 0 Å². The molecule has 17 heavy (non-hydrogen) atoms. The van der Waals surface area contributed by atoms with Gasteiger partial charge in [-0.2, -0.15) is 0 Å². The number of thioether (sulfide) groups is 1. The first-order valence-corrected chi connectivity index (χ1v) is 6.82. The summed E-state index contributed by atoms with van der Waals surface area (Å²) >= 11 is 1.82. The number of hydrogen-bond donors (Lipinski definition) is 2. The Hall–Kier alpha value is -0.580. The highest BCUT2D eigenvalue weighted by molar-refractivity contribution is 7.99. The maximum atomic E-state index is 13.2. The van der Waals surface area contributed by atoms with Crippen LogP contribution in [-0.4, -0.2) is 30.6 Å². The summed E-state index contributed by atoms with van der Waals surface area (Å²) in [6, 6.07) is 5.46. The van der Waals surface area contributed by atoms with Gasteiger partial charge in [-0.3, -0.25) is 0 Å². The fraction of sp³-hybridized carbons (Fsp3) is 0.538. The van der Waals surface area contributed by atoms with Gasteiger partial charge in [0.15, 0.2) is 0 Å². The Morgan fingerprint density at radius 3 is 3.00 bits per heavy atom. The summed E-state index contributed by atoms with van der Waals surface area (Å²) in [4.78, 5) is 1.26. The van der Waals surface area contributed by atoms with Crippen molar-refractivity contribution in [2.75, 3.05) is 19.5 Å². The largest absolute Gasteiger partial charge is 0.381 e. The van der Waals surface area contributed by atoms with Crippen LogP contribution in [-0.2, 0) is 12.0 Å². The lowest BCUT2D eigenvalue weighted by molar-refractivity contribution is -0.0175. The van der Waals surface area contributed by atoms with Crippen molar-refractivity contribution in [3.8, 4) is 0 Å². The molecule has 1 aliphatic rings. The molecule has 2 unspecified atom stereocenters. The molecule has 0 amide bonds. The lowest BCUT2D eigenvalue weighted by Gasteiger charge is -2.32. The van der Waals surface area contributed by atoms with Crippen LogP contribution in [0.15, 0.2) is 23.1 Å². The van der Waals surface area contributed by atoms with E-state index in [0.717, 1.165) is 12.2 Å². The molecule has 1 aliphatic heterocycles. The van der Waals surface area contributed by atoms with E-state index in [1.165, 1.54) is 10.5 Å². The predicted octanol–water partition coefficient (Wildman–Crippen LogP) is 2.10. The van der Waals surface area contributed by atoms with Crippen molar-refractivity contribution in [3.05, 3.63) is 29.3 Å². The van der Waals surface area contributed by atoms with Gasteiger partial charge in [0.2, 0.25) is 0 Å². The maximum absolute atomic E-state index is 13.2. The number of likely N-dealkylation sites (N-methyl/N-ethyl adjacent to an activating group) is 1. The fourth-order valence-corrected chi connectivity index (χ4v) is 3.19. The summed E-state index contributed by atoms with van der Waals surface area (Å²) in [5.74, 6) is 1.08. The van der Waals surface area contributed by atoms with E-state index < -0.39 is 12.3 Å². The molecule has 1 aromatic carbocycles. The van der Waals surface area contributed by atoms with Gasteiger partial charge in [0.05, 0.1) is 0 Å². The third-order valence-electron chi connectivity index (χ3n) is 3.54. The molecule has 2 atom stereocenters. The maximum Gasteiger partial charge on any atom is 0.133 e. The van der Waals surface area contributed by atoms with E-state index in [1.54, 1.807) is 14.0 Å². The molecule has 0 saturated heterocycles. The second-order valence-electron chi connectivity index (χ2n) is 4.49. The lowest BCUT2D eigenvalue weighted by Crippen LogP contribution is -2.47. The monoisotopic (exact) mass is 255 g/mol. The zero-order valence-corrected chi connectivity index (χ0v) is 11.0. The van der Waals surface area contributed by atoms with E-state index in [2.05, 4.69) is 5.32 Å². The van der Waals surface area contributed by atoms with Gasteiger partial charge in [0.25, 0.3) is 0 Å². The van der Waals surface area contributed by atoms with Crippen molar-refractivity contribution in [2.45, 2.75) is 29.9 Å². The number of benzene rings is 1. The third kappa shape index (κ3) is 2.21. The normalized spacial score (nSPS) is 19.8. The molecule has 1 aromatic rings. The van der Waals surface area contributed by atoms with Crippen LogP contribution in [0.25, 0.3) is 0 Å². The van der Waals surface area contributed by atoms with Gasteiger partial charge in [-0.25, -0.2) is 4.39 Å². The van der Waals surface area contributed by atoms with E-state index in [-0.39, 0.29) is 6.04 Å². The van der Waals surface area contributed by atoms with Crippen LogP contribution >= 0.6 is 11.8 Å². The average Bonchev–Trinajstić information content (AvgIpc) is 2.83. The number of rotatable bonds is 4. The Bertz CT molecular complexity index is 412. The van der Waals surface area contributed by atoms with Crippen LogP contribution in [0.3, 0.4) is 0 Å². The van der Waals surface area contributed by atoms with Crippen LogP contribution in [0, 0.1) is 0 Å². The molecule has 2 rings (SSSR count). The van der Waals surface area contributed by atoms with Crippen molar-refractivity contribution >= 4 is 11.8 Å². The first kappa shape index (κ1) is 12.9. The predicted molar refractivity (Wildman–Crippen MR) is 69.3 cm³/mol. The highest BCUT2D eigenvalue weighted by Crippen LogP contribution is 2.35. The topological polar surface area (TPSA) is 32.3 Å². The standard InChI is InChI=1S/C13H18FNOS/c1-9(15-2)13(16,8-14)11-3-4-12-10(7-11)5-6-17-12/h3-4,7,9,15-16H,5-6,8H2,1-2H3. The van der Waals surface area contributed by atoms with E-state index >= 15 is 0 Å². The Morgan fingerprint density at radius 2 is 2.35 bits per heavy atom. The van der Waals surface area contributed by atoms with Crippen molar-refractivity contribution < 1.29 is 9.50 Å². The summed E-state index contributed by atoms with van der Waals surface area (Å²) in [5.41, 5.74) is 0.461. The highest BCUT2D eigenvalue weighted by atomic mass is 32.2. The first-order chi connectivity index (χ1) is 8.11. The van der Waals surface area contributed by atoms with E-state index in [4.69, 9.17) is 0 Å². The van der Waals surface area contributed by atoms with Gasteiger partial charge >= 0.3 is 0 Å². The van der Waals surface area contributed by atoms with Crippen LogP contribution in [0.2, 0.25) is 0 Å². The summed E-state index contributed by atoms with van der Waals surface area (Å²) in [7, 11) is 1.73. The molecule has 0 spiro atoms. The molecular weight excluding hydrogens is 237 g/mol. The molecular formula is C13H18FNOS. The zero-order chi connectivity index (χ0) is 12.5. The van der Waals surface area contributed by atoms with Gasteiger partial charge < -0.3 is 10.4 Å². The molecule has 0 saturated carbocycles. The van der Waals surface area contributed by atoms with Crippen LogP contribution in [0.4, 0.5) is 4.39 Å². The van der Waals surface area contributed by atoms with Gasteiger partial charge in [-0.05, 0) is 37.6 Å². The fourth-order valence-electron chi connectivity index (χ4n) is 2.14. The van der Waals surface area contributed by atoms with Crippen molar-refractivity contribution in [1.82, 2.24) is 5.32 Å². The second kappa shape index (κ2) is 4.96. The summed E-state index contributed by atoms with van der Waals surface area (Å²) in [6.07, 6.45) is 1.00. The minimum Gasteiger partial charge on any atom is -0.381 e. The molecule has 2 N–H and O–H groups in total. The van der Waals surface area contributed by atoms with Gasteiger partial charge in [0, 0.05) is 16.7 Å². The van der Waals surface area contributed by atoms with Crippen LogP contribution in [0.5, 0.6) is 0 Å². The lowest BCUT2D eigenvalue weighted by atomic mass is 9.87. The molecule has 0 radical (unpaired) electrons. The molecule has 94 valence electrons. The van der Waals surface area contributed by atoms with E-state index in [0.29, 0.717) is 5.56 Å². The van der Waals surface area contributed by atoms with Gasteiger partial charge in [-0.15, -0.1) is 11.8 Å². The quantitative estimate of drug-likeness (QED) is 0.864. The minimum absolute atomic E-state index is 0.320. The van der Waals surface area contributed by atoms with Crippen LogP contribution in [0.1, 0.15) is 18.1 Å². The zero-order valence-electron chi connectivity index (χ0n) is 10.2. The summed E-state index contributed by atoms with van der Waals surface area (Å²) in [6.45, 7) is 1.02. The minimum atomic E-state index is -1.43. The van der Waals surface area contributed by atoms with E-state index in [1.807, 2.05) is 30.0 Å². The third-order valence-corrected chi connectivity index (χ3v) is 4.66. The Morgan fingerprint density at radius 1 is 1.59 bits per heavy atom. The molecule has 2 nitrogen and oxygen atoms in total. The smallest absolute Gasteiger partial charge is 0.133 e. The number of fused-ring (bicyclic) bond motifs is 1. The molecule has 4 heteroatoms. The van der Waals surface area contributed by atoms with Crippen molar-refractivity contribution in [1.29, 1.82) is 0 Å². The molecule has 1 heterocycles. The van der Waals surface area contributed by atoms with Gasteiger partial charge in [-0.1, -0.05) is 12.1 Å². The SMILES string of the molecule is CNC(C)C(O)(CF)c1ccc2c(c1)CCS2. The average molecular weight is 255 g/mol. The van der Waals surface area contributed by atoms with Crippen LogP contribution < -0.4 is 5.32 Å². The highest BCUT2D eigenvalue weighted by Gasteiger charge is 2.35. The second-order valence-corrected chi connectivity index (χ2v) is 5.63. The Balaban J connectivity index is 2.37. The summed E-state index contributed by atoms with van der Waals surface area (Å²) in [5, 5.41) is 13.4. The molecule has 0 bridgehead atoms. The van der Waals surface area contributed by atoms with E-state index in [9.17, 15) is 9.50 Å². The van der Waals surface area contributed by atoms with Crippen molar-refractivity contribution in [2.24, 2.45) is 0 Å². The first-order valence-electron chi connectivity index (χ1n) is 5.83. The number of aryl methyl sites for hydroxylation is 1. The Labute approximate surface area is 106 Å². The van der Waals surface area contributed by atoms with Gasteiger partial charge in [0.1, 0.15) is 12.3 Å². The molecule has 0 aliphatic carbocycles. The molecule has 0 aromatic heterocycles. The number of nitrogens with one attached hydrogen (secondary N) is 1. The number of hydrogen-bond acceptors (Lipinski definition) is 3. The number of halogens is 1. The molecule has 0 fully saturated rings. The Kier molecular flexibility index (Phi) is 3.76. The number of aliphatic hydroxyl groups is 1. The number of alkyl halides is 1. The summed E-state index contributed by atoms with van der Waals surface area (Å²) < 4.78 is 13.2.